The van der Waals surface area contributed by atoms with Gasteiger partial charge in [0.2, 0.25) is 0 Å². The molecule has 0 aliphatic carbocycles. The van der Waals surface area contributed by atoms with Crippen molar-refractivity contribution in [1.82, 2.24) is 15.6 Å². The molecule has 1 aromatic carbocycles. The molecular weight excluding hydrogens is 370 g/mol. The number of pyridine rings is 1. The van der Waals surface area contributed by atoms with Crippen LogP contribution in [-0.2, 0) is 0 Å². The van der Waals surface area contributed by atoms with E-state index in [9.17, 15) is 4.79 Å². The standard InChI is InChI=1S/C18H22BrN3O2/c1-2-8-20-11-16(13-24-17-7-4-9-21-12-17)22-18(23)14-5-3-6-15(19)10-14/h3-7,9-10,12,16,20H,2,8,11,13H2,1H3,(H,22,23). The Hall–Kier alpha value is -1.92. The Labute approximate surface area is 151 Å². The second kappa shape index (κ2) is 10.1. The molecule has 0 aliphatic rings. The number of aromatic nitrogens is 1. The van der Waals surface area contributed by atoms with Gasteiger partial charge in [-0.1, -0.05) is 28.9 Å². The van der Waals surface area contributed by atoms with E-state index in [2.05, 4.69) is 38.5 Å². The molecule has 0 saturated carbocycles. The fourth-order valence-electron chi connectivity index (χ4n) is 2.13. The number of hydrogen-bond acceptors (Lipinski definition) is 4. The molecule has 2 rings (SSSR count). The molecule has 1 aromatic heterocycles. The van der Waals surface area contributed by atoms with Crippen molar-refractivity contribution in [3.63, 3.8) is 0 Å². The molecule has 1 unspecified atom stereocenters. The van der Waals surface area contributed by atoms with E-state index in [0.29, 0.717) is 24.5 Å². The SMILES string of the molecule is CCCNCC(COc1cccnc1)NC(=O)c1cccc(Br)c1. The third kappa shape index (κ3) is 6.29. The highest BCUT2D eigenvalue weighted by Gasteiger charge is 2.14. The second-order valence-electron chi connectivity index (χ2n) is 5.38. The first-order valence-corrected chi connectivity index (χ1v) is 8.78. The van der Waals surface area contributed by atoms with Gasteiger partial charge in [-0.25, -0.2) is 0 Å². The van der Waals surface area contributed by atoms with Crippen LogP contribution in [0.25, 0.3) is 0 Å². The van der Waals surface area contributed by atoms with Crippen LogP contribution in [0, 0.1) is 0 Å². The van der Waals surface area contributed by atoms with E-state index in [-0.39, 0.29) is 11.9 Å². The lowest BCUT2D eigenvalue weighted by Crippen LogP contribution is -2.45. The van der Waals surface area contributed by atoms with Crippen molar-refractivity contribution in [1.29, 1.82) is 0 Å². The maximum Gasteiger partial charge on any atom is 0.251 e. The van der Waals surface area contributed by atoms with Gasteiger partial charge < -0.3 is 15.4 Å². The number of nitrogens with one attached hydrogen (secondary N) is 2. The molecule has 128 valence electrons. The summed E-state index contributed by atoms with van der Waals surface area (Å²) in [4.78, 5) is 16.4. The van der Waals surface area contributed by atoms with Gasteiger partial charge in [-0.15, -0.1) is 0 Å². The van der Waals surface area contributed by atoms with Crippen LogP contribution in [0.4, 0.5) is 0 Å². The molecule has 1 amide bonds. The molecule has 0 fully saturated rings. The molecule has 1 heterocycles. The van der Waals surface area contributed by atoms with E-state index in [4.69, 9.17) is 4.74 Å². The van der Waals surface area contributed by atoms with E-state index in [0.717, 1.165) is 17.4 Å². The van der Waals surface area contributed by atoms with Crippen LogP contribution in [-0.4, -0.2) is 36.6 Å². The van der Waals surface area contributed by atoms with E-state index >= 15 is 0 Å². The first-order valence-electron chi connectivity index (χ1n) is 7.99. The molecule has 0 bridgehead atoms. The van der Waals surface area contributed by atoms with Gasteiger partial charge in [0.1, 0.15) is 12.4 Å². The Kier molecular flexibility index (Phi) is 7.71. The average molecular weight is 392 g/mol. The topological polar surface area (TPSA) is 63.2 Å². The number of carbonyl (C=O) groups excluding carboxylic acids is 1. The van der Waals surface area contributed by atoms with Crippen molar-refractivity contribution in [3.8, 4) is 5.75 Å². The van der Waals surface area contributed by atoms with Crippen LogP contribution in [0.2, 0.25) is 0 Å². The van der Waals surface area contributed by atoms with Gasteiger partial charge in [0.05, 0.1) is 12.2 Å². The largest absolute Gasteiger partial charge is 0.490 e. The van der Waals surface area contributed by atoms with E-state index in [1.54, 1.807) is 24.5 Å². The lowest BCUT2D eigenvalue weighted by molar-refractivity contribution is 0.0921. The Bertz CT molecular complexity index is 637. The number of nitrogens with zero attached hydrogens (tertiary/aromatic N) is 1. The molecule has 2 aromatic rings. The lowest BCUT2D eigenvalue weighted by atomic mass is 10.2. The maximum absolute atomic E-state index is 12.4. The predicted molar refractivity (Wildman–Crippen MR) is 98.3 cm³/mol. The van der Waals surface area contributed by atoms with Crippen LogP contribution < -0.4 is 15.4 Å². The van der Waals surface area contributed by atoms with E-state index < -0.39 is 0 Å². The average Bonchev–Trinajstić information content (AvgIpc) is 2.60. The summed E-state index contributed by atoms with van der Waals surface area (Å²) in [5, 5.41) is 6.34. The molecule has 5 nitrogen and oxygen atoms in total. The maximum atomic E-state index is 12.4. The highest BCUT2D eigenvalue weighted by Crippen LogP contribution is 2.12. The summed E-state index contributed by atoms with van der Waals surface area (Å²) in [6.45, 7) is 4.03. The quantitative estimate of drug-likeness (QED) is 0.644. The van der Waals surface area contributed by atoms with Gasteiger partial charge >= 0.3 is 0 Å². The Morgan fingerprint density at radius 1 is 1.33 bits per heavy atom. The summed E-state index contributed by atoms with van der Waals surface area (Å²) in [5.74, 6) is 0.573. The third-order valence-electron chi connectivity index (χ3n) is 3.33. The van der Waals surface area contributed by atoms with E-state index in [1.807, 2.05) is 24.3 Å². The number of amides is 1. The van der Waals surface area contributed by atoms with Gasteiger partial charge in [0.25, 0.3) is 5.91 Å². The summed E-state index contributed by atoms with van der Waals surface area (Å²) < 4.78 is 6.61. The third-order valence-corrected chi connectivity index (χ3v) is 3.82. The fourth-order valence-corrected chi connectivity index (χ4v) is 2.53. The predicted octanol–water partition coefficient (Wildman–Crippen LogP) is 3.02. The molecule has 2 N–H and O–H groups in total. The normalized spacial score (nSPS) is 11.8. The minimum atomic E-state index is -0.136. The van der Waals surface area contributed by atoms with Crippen LogP contribution >= 0.6 is 15.9 Å². The zero-order valence-electron chi connectivity index (χ0n) is 13.7. The van der Waals surface area contributed by atoms with Gasteiger partial charge in [-0.3, -0.25) is 9.78 Å². The molecule has 1 atom stereocenters. The van der Waals surface area contributed by atoms with Gasteiger partial charge in [-0.05, 0) is 43.3 Å². The zero-order chi connectivity index (χ0) is 17.2. The van der Waals surface area contributed by atoms with Crippen molar-refractivity contribution in [2.24, 2.45) is 0 Å². The molecule has 0 spiro atoms. The number of hydrogen-bond donors (Lipinski definition) is 2. The van der Waals surface area contributed by atoms with Crippen LogP contribution in [0.15, 0.2) is 53.3 Å². The summed E-state index contributed by atoms with van der Waals surface area (Å²) >= 11 is 3.39. The zero-order valence-corrected chi connectivity index (χ0v) is 15.3. The number of benzene rings is 1. The molecule has 24 heavy (non-hydrogen) atoms. The van der Waals surface area contributed by atoms with E-state index in [1.165, 1.54) is 0 Å². The molecule has 0 radical (unpaired) electrons. The molecular formula is C18H22BrN3O2. The minimum absolute atomic E-state index is 0.116. The fraction of sp³-hybridized carbons (Fsp3) is 0.333. The summed E-state index contributed by atoms with van der Waals surface area (Å²) in [5.41, 5.74) is 0.617. The first kappa shape index (κ1) is 18.4. The highest BCUT2D eigenvalue weighted by molar-refractivity contribution is 9.10. The highest BCUT2D eigenvalue weighted by atomic mass is 79.9. The summed E-state index contributed by atoms with van der Waals surface area (Å²) in [6.07, 6.45) is 4.39. The number of rotatable bonds is 9. The number of carbonyl (C=O) groups is 1. The van der Waals surface area contributed by atoms with Crippen molar-refractivity contribution in [2.75, 3.05) is 19.7 Å². The second-order valence-corrected chi connectivity index (χ2v) is 6.30. The van der Waals surface area contributed by atoms with Crippen molar-refractivity contribution < 1.29 is 9.53 Å². The summed E-state index contributed by atoms with van der Waals surface area (Å²) in [7, 11) is 0. The van der Waals surface area contributed by atoms with Crippen LogP contribution in [0.5, 0.6) is 5.75 Å². The van der Waals surface area contributed by atoms with Gasteiger partial charge in [0, 0.05) is 22.8 Å². The smallest absolute Gasteiger partial charge is 0.251 e. The molecule has 0 saturated heterocycles. The van der Waals surface area contributed by atoms with Gasteiger partial charge in [-0.2, -0.15) is 0 Å². The molecule has 6 heteroatoms. The van der Waals surface area contributed by atoms with Crippen molar-refractivity contribution in [2.45, 2.75) is 19.4 Å². The Balaban J connectivity index is 1.95. The van der Waals surface area contributed by atoms with Crippen LogP contribution in [0.1, 0.15) is 23.7 Å². The number of halogens is 1. The molecule has 0 aliphatic heterocycles. The number of ether oxygens (including phenoxy) is 1. The lowest BCUT2D eigenvalue weighted by Gasteiger charge is -2.20. The minimum Gasteiger partial charge on any atom is -0.490 e. The van der Waals surface area contributed by atoms with Gasteiger partial charge in [0.15, 0.2) is 0 Å². The summed E-state index contributed by atoms with van der Waals surface area (Å²) in [6, 6.07) is 10.9. The Morgan fingerprint density at radius 2 is 2.21 bits per heavy atom. The van der Waals surface area contributed by atoms with Crippen molar-refractivity contribution >= 4 is 21.8 Å². The first-order chi connectivity index (χ1) is 11.7. The van der Waals surface area contributed by atoms with Crippen molar-refractivity contribution in [3.05, 3.63) is 58.8 Å². The Morgan fingerprint density at radius 3 is 2.92 bits per heavy atom. The van der Waals surface area contributed by atoms with Crippen LogP contribution in [0.3, 0.4) is 0 Å². The monoisotopic (exact) mass is 391 g/mol.